The number of nitro benzene ring substituents is 1. The fraction of sp³-hybridized carbons (Fsp3) is 0.455. The molecule has 0 spiro atoms. The summed E-state index contributed by atoms with van der Waals surface area (Å²) in [5, 5.41) is 20.7. The van der Waals surface area contributed by atoms with E-state index in [9.17, 15) is 23.6 Å². The van der Waals surface area contributed by atoms with Gasteiger partial charge in [-0.25, -0.2) is 8.42 Å². The van der Waals surface area contributed by atoms with Crippen molar-refractivity contribution in [1.82, 2.24) is 0 Å². The highest BCUT2D eigenvalue weighted by atomic mass is 32.2. The van der Waals surface area contributed by atoms with Gasteiger partial charge in [0.15, 0.2) is 9.84 Å². The molecular formula is C11H14N2O5S. The van der Waals surface area contributed by atoms with Gasteiger partial charge in [-0.3, -0.25) is 10.1 Å². The van der Waals surface area contributed by atoms with E-state index in [2.05, 4.69) is 0 Å². The average Bonchev–Trinajstić information content (AvgIpc) is 2.73. The zero-order valence-corrected chi connectivity index (χ0v) is 11.1. The molecule has 1 N–H and O–H groups in total. The Hall–Kier alpha value is -1.67. The van der Waals surface area contributed by atoms with Crippen LogP contribution >= 0.6 is 0 Å². The first-order valence-electron chi connectivity index (χ1n) is 5.71. The van der Waals surface area contributed by atoms with Gasteiger partial charge in [-0.1, -0.05) is 6.07 Å². The van der Waals surface area contributed by atoms with Crippen molar-refractivity contribution in [2.75, 3.05) is 24.2 Å². The first-order chi connectivity index (χ1) is 8.80. The van der Waals surface area contributed by atoms with E-state index in [0.29, 0.717) is 13.0 Å². The second-order valence-electron chi connectivity index (χ2n) is 4.54. The number of sulfone groups is 1. The lowest BCUT2D eigenvalue weighted by Crippen LogP contribution is -2.22. The molecule has 1 atom stereocenters. The number of aliphatic hydroxyl groups is 1. The summed E-state index contributed by atoms with van der Waals surface area (Å²) in [6.07, 6.45) is 0.916. The van der Waals surface area contributed by atoms with Crippen LogP contribution in [0.1, 0.15) is 6.42 Å². The summed E-state index contributed by atoms with van der Waals surface area (Å²) in [7, 11) is -3.67. The Balaban J connectivity index is 2.59. The smallest absolute Gasteiger partial charge is 0.311 e. The highest BCUT2D eigenvalue weighted by Crippen LogP contribution is 2.36. The fourth-order valence-corrected chi connectivity index (χ4v) is 3.07. The van der Waals surface area contributed by atoms with E-state index in [1.165, 1.54) is 18.2 Å². The number of para-hydroxylation sites is 1. The SMILES string of the molecule is CS(=O)(=O)c1cccc(N2CC[C@H](O)C2)c1[N+](=O)[O-]. The molecule has 0 aromatic heterocycles. The number of nitrogens with zero attached hydrogens (tertiary/aromatic N) is 2. The number of benzene rings is 1. The summed E-state index contributed by atoms with van der Waals surface area (Å²) in [5.41, 5.74) is -0.177. The normalized spacial score (nSPS) is 19.7. The highest BCUT2D eigenvalue weighted by molar-refractivity contribution is 7.90. The zero-order valence-electron chi connectivity index (χ0n) is 10.3. The number of nitro groups is 1. The van der Waals surface area contributed by atoms with Crippen molar-refractivity contribution in [3.05, 3.63) is 28.3 Å². The van der Waals surface area contributed by atoms with E-state index in [1.54, 1.807) is 4.90 Å². The molecule has 1 aliphatic rings. The molecule has 1 aromatic rings. The van der Waals surface area contributed by atoms with Crippen LogP contribution in [0.5, 0.6) is 0 Å². The number of anilines is 1. The minimum Gasteiger partial charge on any atom is -0.391 e. The Labute approximate surface area is 110 Å². The molecule has 8 heteroatoms. The summed E-state index contributed by atoms with van der Waals surface area (Å²) in [5.74, 6) is 0. The van der Waals surface area contributed by atoms with Crippen LogP contribution in [0, 0.1) is 10.1 Å². The Morgan fingerprint density at radius 3 is 2.63 bits per heavy atom. The highest BCUT2D eigenvalue weighted by Gasteiger charge is 2.31. The molecule has 0 radical (unpaired) electrons. The largest absolute Gasteiger partial charge is 0.391 e. The molecule has 1 fully saturated rings. The van der Waals surface area contributed by atoms with Gasteiger partial charge in [-0.15, -0.1) is 0 Å². The van der Waals surface area contributed by atoms with Crippen LogP contribution in [-0.2, 0) is 9.84 Å². The number of rotatable bonds is 3. The van der Waals surface area contributed by atoms with Crippen molar-refractivity contribution in [1.29, 1.82) is 0 Å². The lowest BCUT2D eigenvalue weighted by Gasteiger charge is -2.18. The molecule has 1 aliphatic heterocycles. The summed E-state index contributed by atoms with van der Waals surface area (Å²) in [6, 6.07) is 4.21. The molecular weight excluding hydrogens is 272 g/mol. The number of aliphatic hydroxyl groups excluding tert-OH is 1. The third-order valence-corrected chi connectivity index (χ3v) is 4.19. The van der Waals surface area contributed by atoms with Gasteiger partial charge in [0, 0.05) is 19.3 Å². The van der Waals surface area contributed by atoms with Gasteiger partial charge in [0.05, 0.1) is 11.0 Å². The lowest BCUT2D eigenvalue weighted by molar-refractivity contribution is -0.387. The van der Waals surface area contributed by atoms with E-state index in [-0.39, 0.29) is 17.1 Å². The van der Waals surface area contributed by atoms with Crippen LogP contribution < -0.4 is 4.90 Å². The first-order valence-corrected chi connectivity index (χ1v) is 7.60. The van der Waals surface area contributed by atoms with Gasteiger partial charge >= 0.3 is 5.69 Å². The molecule has 0 unspecified atom stereocenters. The van der Waals surface area contributed by atoms with Crippen molar-refractivity contribution in [2.45, 2.75) is 17.4 Å². The second kappa shape index (κ2) is 4.78. The van der Waals surface area contributed by atoms with Crippen LogP contribution in [0.4, 0.5) is 11.4 Å². The van der Waals surface area contributed by atoms with Crippen molar-refractivity contribution < 1.29 is 18.4 Å². The van der Waals surface area contributed by atoms with Crippen molar-refractivity contribution in [3.8, 4) is 0 Å². The van der Waals surface area contributed by atoms with Crippen molar-refractivity contribution >= 4 is 21.2 Å². The number of hydrogen-bond donors (Lipinski definition) is 1. The average molecular weight is 286 g/mol. The summed E-state index contributed by atoms with van der Waals surface area (Å²) in [6.45, 7) is 0.739. The van der Waals surface area contributed by atoms with Gasteiger partial charge in [0.2, 0.25) is 0 Å². The molecule has 0 amide bonds. The van der Waals surface area contributed by atoms with Crippen molar-refractivity contribution in [3.63, 3.8) is 0 Å². The predicted molar refractivity (Wildman–Crippen MR) is 69.0 cm³/mol. The van der Waals surface area contributed by atoms with Crippen LogP contribution in [0.3, 0.4) is 0 Å². The zero-order chi connectivity index (χ0) is 14.2. The third kappa shape index (κ3) is 2.69. The summed E-state index contributed by atoms with van der Waals surface area (Å²) in [4.78, 5) is 11.8. The van der Waals surface area contributed by atoms with Gasteiger partial charge in [0.1, 0.15) is 10.6 Å². The summed E-state index contributed by atoms with van der Waals surface area (Å²) < 4.78 is 23.2. The minimum atomic E-state index is -3.67. The minimum absolute atomic E-state index is 0.240. The quantitative estimate of drug-likeness (QED) is 0.644. The monoisotopic (exact) mass is 286 g/mol. The lowest BCUT2D eigenvalue weighted by atomic mass is 10.2. The molecule has 0 saturated carbocycles. The van der Waals surface area contributed by atoms with Gasteiger partial charge in [0.25, 0.3) is 0 Å². The molecule has 2 rings (SSSR count). The maximum atomic E-state index is 11.6. The van der Waals surface area contributed by atoms with Gasteiger partial charge in [-0.2, -0.15) is 0 Å². The van der Waals surface area contributed by atoms with E-state index >= 15 is 0 Å². The fourth-order valence-electron chi connectivity index (χ4n) is 2.21. The van der Waals surface area contributed by atoms with Gasteiger partial charge in [-0.05, 0) is 18.6 Å². The maximum Gasteiger partial charge on any atom is 0.311 e. The molecule has 1 heterocycles. The predicted octanol–water partition coefficient (Wildman–Crippen LogP) is 0.569. The van der Waals surface area contributed by atoms with Crippen LogP contribution in [0.15, 0.2) is 23.1 Å². The molecule has 1 aromatic carbocycles. The third-order valence-electron chi connectivity index (χ3n) is 3.06. The first kappa shape index (κ1) is 13.8. The van der Waals surface area contributed by atoms with E-state index in [1.807, 2.05) is 0 Å². The molecule has 7 nitrogen and oxygen atoms in total. The van der Waals surface area contributed by atoms with Crippen LogP contribution in [-0.4, -0.2) is 43.9 Å². The van der Waals surface area contributed by atoms with Crippen LogP contribution in [0.2, 0.25) is 0 Å². The molecule has 19 heavy (non-hydrogen) atoms. The molecule has 0 aliphatic carbocycles. The Morgan fingerprint density at radius 2 is 2.16 bits per heavy atom. The standard InChI is InChI=1S/C11H14N2O5S/c1-19(17,18)10-4-2-3-9(11(10)13(15)16)12-6-5-8(14)7-12/h2-4,8,14H,5-7H2,1H3/t8-/m0/s1. The Kier molecular flexibility index (Phi) is 3.46. The van der Waals surface area contributed by atoms with Crippen molar-refractivity contribution in [2.24, 2.45) is 0 Å². The molecule has 104 valence electrons. The molecule has 0 bridgehead atoms. The van der Waals surface area contributed by atoms with E-state index in [0.717, 1.165) is 6.26 Å². The number of β-amino-alcohol motifs (C(OH)–C–C–N with tert-alkyl or cyclic N) is 1. The van der Waals surface area contributed by atoms with Crippen LogP contribution in [0.25, 0.3) is 0 Å². The number of hydrogen-bond acceptors (Lipinski definition) is 6. The Bertz CT molecular complexity index is 614. The topological polar surface area (TPSA) is 101 Å². The van der Waals surface area contributed by atoms with E-state index in [4.69, 9.17) is 0 Å². The van der Waals surface area contributed by atoms with Gasteiger partial charge < -0.3 is 10.0 Å². The Morgan fingerprint density at radius 1 is 1.47 bits per heavy atom. The van der Waals surface area contributed by atoms with E-state index < -0.39 is 26.6 Å². The second-order valence-corrected chi connectivity index (χ2v) is 6.53. The summed E-state index contributed by atoms with van der Waals surface area (Å²) >= 11 is 0. The maximum absolute atomic E-state index is 11.6. The molecule has 1 saturated heterocycles.